The average molecular weight is 479 g/mol. The van der Waals surface area contributed by atoms with Gasteiger partial charge in [0.1, 0.15) is 0 Å². The Hall–Kier alpha value is -3.20. The molecule has 0 amide bonds. The minimum Gasteiger partial charge on any atom is -0.0683 e. The van der Waals surface area contributed by atoms with Crippen LogP contribution in [-0.2, 0) is 21.8 Å². The van der Waals surface area contributed by atoms with Crippen LogP contribution in [-0.4, -0.2) is 0 Å². The zero-order valence-electron chi connectivity index (χ0n) is 19.7. The van der Waals surface area contributed by atoms with E-state index in [1.54, 1.807) is 0 Å². The highest BCUT2D eigenvalue weighted by Crippen LogP contribution is 2.35. The lowest BCUT2D eigenvalue weighted by molar-refractivity contribution is 1.26. The quantitative estimate of drug-likeness (QED) is 0.214. The molecule has 0 nitrogen and oxygen atoms in total. The molecule has 0 atom stereocenters. The Labute approximate surface area is 210 Å². The Morgan fingerprint density at radius 1 is 0.265 bits per heavy atom. The van der Waals surface area contributed by atoms with Crippen molar-refractivity contribution in [2.45, 2.75) is 43.2 Å². The van der Waals surface area contributed by atoms with E-state index in [1.807, 2.05) is 13.8 Å². The Bertz CT molecular complexity index is 1060. The maximum Gasteiger partial charge on any atom is 0.166 e. The van der Waals surface area contributed by atoms with Crippen molar-refractivity contribution in [3.63, 3.8) is 0 Å². The molecule has 0 saturated carbocycles. The second-order valence-electron chi connectivity index (χ2n) is 7.34. The van der Waals surface area contributed by atoms with Crippen LogP contribution in [0.15, 0.2) is 175 Å². The molecule has 0 aliphatic carbocycles. The predicted octanol–water partition coefficient (Wildman–Crippen LogP) is 8.90. The van der Waals surface area contributed by atoms with Crippen molar-refractivity contribution in [3.05, 3.63) is 146 Å². The summed E-state index contributed by atoms with van der Waals surface area (Å²) in [4.78, 5) is 8.06. The molecule has 0 unspecified atom stereocenters. The van der Waals surface area contributed by atoms with Crippen molar-refractivity contribution < 1.29 is 0 Å². The summed E-state index contributed by atoms with van der Waals surface area (Å²) in [5.41, 5.74) is 0. The van der Waals surface area contributed by atoms with Crippen molar-refractivity contribution in [2.75, 3.05) is 0 Å². The van der Waals surface area contributed by atoms with E-state index in [-0.39, 0.29) is 21.8 Å². The van der Waals surface area contributed by atoms with Gasteiger partial charge in [0.15, 0.2) is 29.4 Å². The van der Waals surface area contributed by atoms with Crippen LogP contribution in [0.4, 0.5) is 0 Å². The minimum atomic E-state index is -0.122. The van der Waals surface area contributed by atoms with Crippen molar-refractivity contribution in [3.8, 4) is 0 Å². The molecule has 0 aliphatic rings. The molecule has 0 spiro atoms. The lowest BCUT2D eigenvalue weighted by Gasteiger charge is -2.10. The fourth-order valence-corrected chi connectivity index (χ4v) is 7.92. The molecule has 5 aromatic carbocycles. The highest BCUT2D eigenvalue weighted by atomic mass is 32.2. The average Bonchev–Trinajstić information content (AvgIpc) is 2.93. The molecule has 0 saturated heterocycles. The molecule has 34 heavy (non-hydrogen) atoms. The first-order valence-electron chi connectivity index (χ1n) is 11.7. The van der Waals surface area contributed by atoms with Gasteiger partial charge in [0.2, 0.25) is 0 Å². The lowest BCUT2D eigenvalue weighted by Crippen LogP contribution is -2.07. The maximum atomic E-state index is 2.32. The number of rotatable bonds is 6. The smallest absolute Gasteiger partial charge is 0.0683 e. The second-order valence-corrected chi connectivity index (χ2v) is 11.4. The molecule has 0 fully saturated rings. The summed E-state index contributed by atoms with van der Waals surface area (Å²) >= 11 is 0. The topological polar surface area (TPSA) is 0 Å². The van der Waals surface area contributed by atoms with E-state index in [4.69, 9.17) is 0 Å². The monoisotopic (exact) mass is 478 g/mol. The van der Waals surface area contributed by atoms with Gasteiger partial charge in [-0.15, -0.1) is 0 Å². The van der Waals surface area contributed by atoms with Crippen LogP contribution in [0.5, 0.6) is 0 Å². The van der Waals surface area contributed by atoms with Gasteiger partial charge < -0.3 is 0 Å². The summed E-state index contributed by atoms with van der Waals surface area (Å²) in [7, 11) is -0.244. The van der Waals surface area contributed by atoms with Gasteiger partial charge in [-0.2, -0.15) is 0 Å². The van der Waals surface area contributed by atoms with Crippen molar-refractivity contribution in [2.24, 2.45) is 0 Å². The maximum absolute atomic E-state index is 2.32. The molecule has 0 radical (unpaired) electrons. The first-order valence-corrected chi connectivity index (χ1v) is 14.1. The summed E-state index contributed by atoms with van der Waals surface area (Å²) in [5, 5.41) is 0. The summed E-state index contributed by atoms with van der Waals surface area (Å²) in [6, 6.07) is 52.6. The molecule has 0 heterocycles. The van der Waals surface area contributed by atoms with E-state index >= 15 is 0 Å². The number of hydrogen-bond donors (Lipinski definition) is 0. The lowest BCUT2D eigenvalue weighted by atomic mass is 10.3. The minimum absolute atomic E-state index is 0.122. The highest BCUT2D eigenvalue weighted by Gasteiger charge is 2.32. The molecule has 5 aromatic rings. The number of hydrogen-bond acceptors (Lipinski definition) is 0. The molecular formula is C32H30S2+2. The molecular weight excluding hydrogens is 448 g/mol. The third-order valence-electron chi connectivity index (χ3n) is 5.21. The van der Waals surface area contributed by atoms with Crippen molar-refractivity contribution >= 4 is 21.8 Å². The van der Waals surface area contributed by atoms with E-state index in [2.05, 4.69) is 146 Å². The third-order valence-corrected chi connectivity index (χ3v) is 9.67. The van der Waals surface area contributed by atoms with Gasteiger partial charge in [0.25, 0.3) is 0 Å². The van der Waals surface area contributed by atoms with Crippen LogP contribution >= 0.6 is 0 Å². The first kappa shape index (κ1) is 23.9. The Kier molecular flexibility index (Phi) is 8.67. The van der Waals surface area contributed by atoms with Gasteiger partial charge in [0, 0.05) is 0 Å². The summed E-state index contributed by atoms with van der Waals surface area (Å²) in [6.07, 6.45) is 0. The Morgan fingerprint density at radius 3 is 0.647 bits per heavy atom. The van der Waals surface area contributed by atoms with Crippen molar-refractivity contribution in [1.29, 1.82) is 0 Å². The van der Waals surface area contributed by atoms with Crippen molar-refractivity contribution in [1.82, 2.24) is 0 Å². The molecule has 2 heteroatoms. The van der Waals surface area contributed by atoms with Gasteiger partial charge in [-0.25, -0.2) is 0 Å². The Morgan fingerprint density at radius 2 is 0.441 bits per heavy atom. The van der Waals surface area contributed by atoms with Crippen LogP contribution in [0, 0.1) is 0 Å². The van der Waals surface area contributed by atoms with Crippen LogP contribution < -0.4 is 0 Å². The van der Waals surface area contributed by atoms with E-state index in [0.717, 1.165) is 0 Å². The standard InChI is InChI=1S/C30H24S2.C2H6/c1-5-13-25(14-6-1)31(26-15-7-2-8-16-26)29-21-23-30(24-22-29)32(27-17-9-3-10-18-27)28-19-11-4-12-20-28;1-2/h1-24H;1-2H3/q+2;. The van der Waals surface area contributed by atoms with E-state index in [0.29, 0.717) is 0 Å². The van der Waals surface area contributed by atoms with E-state index in [1.165, 1.54) is 29.4 Å². The molecule has 0 aromatic heterocycles. The van der Waals surface area contributed by atoms with Crippen LogP contribution in [0.3, 0.4) is 0 Å². The first-order chi connectivity index (χ1) is 16.9. The number of benzene rings is 5. The molecule has 5 rings (SSSR count). The summed E-state index contributed by atoms with van der Waals surface area (Å²) < 4.78 is 0. The van der Waals surface area contributed by atoms with Crippen LogP contribution in [0.25, 0.3) is 0 Å². The van der Waals surface area contributed by atoms with E-state index < -0.39 is 0 Å². The largest absolute Gasteiger partial charge is 0.166 e. The predicted molar refractivity (Wildman–Crippen MR) is 148 cm³/mol. The van der Waals surface area contributed by atoms with Gasteiger partial charge in [0.05, 0.1) is 21.8 Å². The Balaban J connectivity index is 0.00000133. The summed E-state index contributed by atoms with van der Waals surface area (Å²) in [5.74, 6) is 0. The third kappa shape index (κ3) is 5.64. The SMILES string of the molecule is CC.c1ccc([S+](c2ccccc2)c2ccc([S+](c3ccccc3)c3ccccc3)cc2)cc1. The molecule has 168 valence electrons. The highest BCUT2D eigenvalue weighted by molar-refractivity contribution is 7.97. The second kappa shape index (κ2) is 12.3. The molecule has 0 bridgehead atoms. The van der Waals surface area contributed by atoms with Gasteiger partial charge in [-0.05, 0) is 72.8 Å². The zero-order valence-corrected chi connectivity index (χ0v) is 21.3. The summed E-state index contributed by atoms with van der Waals surface area (Å²) in [6.45, 7) is 4.00. The van der Waals surface area contributed by atoms with E-state index in [9.17, 15) is 0 Å². The van der Waals surface area contributed by atoms with Gasteiger partial charge in [-0.3, -0.25) is 0 Å². The fraction of sp³-hybridized carbons (Fsp3) is 0.0625. The molecule has 0 N–H and O–H groups in total. The molecule has 0 aliphatic heterocycles. The zero-order chi connectivity index (χ0) is 23.6. The van der Waals surface area contributed by atoms with Crippen LogP contribution in [0.2, 0.25) is 0 Å². The normalized spacial score (nSPS) is 10.6. The van der Waals surface area contributed by atoms with Gasteiger partial charge in [-0.1, -0.05) is 86.6 Å². The van der Waals surface area contributed by atoms with Gasteiger partial charge >= 0.3 is 0 Å². The fourth-order valence-electron chi connectivity index (χ4n) is 3.75. The van der Waals surface area contributed by atoms with Crippen LogP contribution in [0.1, 0.15) is 13.8 Å².